The van der Waals surface area contributed by atoms with Gasteiger partial charge in [-0.15, -0.1) is 16.9 Å². The lowest BCUT2D eigenvalue weighted by Gasteiger charge is -2.26. The number of hydrogen-bond acceptors (Lipinski definition) is 5. The lowest BCUT2D eigenvalue weighted by molar-refractivity contribution is -0.141. The van der Waals surface area contributed by atoms with Crippen molar-refractivity contribution in [2.24, 2.45) is 5.92 Å². The fourth-order valence-corrected chi connectivity index (χ4v) is 4.09. The van der Waals surface area contributed by atoms with Crippen LogP contribution >= 0.6 is 11.8 Å². The zero-order chi connectivity index (χ0) is 15.1. The van der Waals surface area contributed by atoms with Crippen molar-refractivity contribution >= 4 is 23.6 Å². The van der Waals surface area contributed by atoms with Crippen molar-refractivity contribution in [1.82, 2.24) is 20.1 Å². The molecular weight excluding hydrogens is 292 g/mol. The molecule has 2 aliphatic rings. The molecule has 1 aromatic rings. The Morgan fingerprint density at radius 1 is 1.43 bits per heavy atom. The van der Waals surface area contributed by atoms with Crippen LogP contribution in [-0.4, -0.2) is 54.2 Å². The van der Waals surface area contributed by atoms with Crippen molar-refractivity contribution in [3.05, 3.63) is 11.6 Å². The Morgan fingerprint density at radius 2 is 2.14 bits per heavy atom. The van der Waals surface area contributed by atoms with Gasteiger partial charge in [0.15, 0.2) is 0 Å². The Kier molecular flexibility index (Phi) is 3.64. The van der Waals surface area contributed by atoms with Crippen LogP contribution in [0.3, 0.4) is 0 Å². The van der Waals surface area contributed by atoms with E-state index in [9.17, 15) is 14.7 Å². The highest BCUT2D eigenvalue weighted by Crippen LogP contribution is 2.45. The molecule has 7 nitrogen and oxygen atoms in total. The Labute approximate surface area is 126 Å². The van der Waals surface area contributed by atoms with E-state index in [0.717, 1.165) is 12.8 Å². The molecular formula is C13H18N4O3S. The summed E-state index contributed by atoms with van der Waals surface area (Å²) in [5, 5.41) is 16.0. The largest absolute Gasteiger partial charge is 0.480 e. The predicted octanol–water partition coefficient (Wildman–Crippen LogP) is 1.31. The van der Waals surface area contributed by atoms with E-state index >= 15 is 0 Å². The van der Waals surface area contributed by atoms with E-state index in [0.29, 0.717) is 17.5 Å². The van der Waals surface area contributed by atoms with E-state index in [1.807, 2.05) is 13.8 Å². The number of carbonyl (C=O) groups excluding carboxylic acids is 1. The van der Waals surface area contributed by atoms with E-state index in [1.165, 1.54) is 4.90 Å². The first-order valence-corrected chi connectivity index (χ1v) is 8.13. The van der Waals surface area contributed by atoms with Gasteiger partial charge in [-0.1, -0.05) is 13.8 Å². The number of hydrogen-bond donors (Lipinski definition) is 2. The first-order valence-electron chi connectivity index (χ1n) is 7.08. The monoisotopic (exact) mass is 310 g/mol. The Balaban J connectivity index is 1.86. The maximum Gasteiger partial charge on any atom is 0.327 e. The summed E-state index contributed by atoms with van der Waals surface area (Å²) in [5.41, 5.74) is 0. The zero-order valence-corrected chi connectivity index (χ0v) is 12.8. The number of thioether (sulfide) groups is 1. The third-order valence-electron chi connectivity index (χ3n) is 3.82. The number of amides is 1. The summed E-state index contributed by atoms with van der Waals surface area (Å²) in [6.45, 7) is 3.90. The lowest BCUT2D eigenvalue weighted by atomic mass is 10.2. The zero-order valence-electron chi connectivity index (χ0n) is 11.9. The quantitative estimate of drug-likeness (QED) is 0.870. The highest BCUT2D eigenvalue weighted by molar-refractivity contribution is 8.00. The number of aromatic nitrogens is 3. The van der Waals surface area contributed by atoms with Gasteiger partial charge >= 0.3 is 5.97 Å². The van der Waals surface area contributed by atoms with Crippen molar-refractivity contribution in [2.45, 2.75) is 44.0 Å². The van der Waals surface area contributed by atoms with Gasteiger partial charge in [-0.2, -0.15) is 0 Å². The minimum atomic E-state index is -0.960. The molecule has 2 atom stereocenters. The normalized spacial score (nSPS) is 25.6. The molecule has 2 unspecified atom stereocenters. The highest BCUT2D eigenvalue weighted by atomic mass is 32.2. The Morgan fingerprint density at radius 3 is 2.67 bits per heavy atom. The van der Waals surface area contributed by atoms with E-state index < -0.39 is 12.0 Å². The van der Waals surface area contributed by atoms with Gasteiger partial charge in [-0.05, 0) is 18.8 Å². The standard InChI is InChI=1S/C13H18N4O3S/c1-6(2)9-14-10(16-15-9)11(18)17-8(13(19)20)5-21-12(17)7-3-4-7/h6-8,12H,3-5H2,1-2H3,(H,19,20)(H,14,15,16). The molecule has 1 aliphatic carbocycles. The van der Waals surface area contributed by atoms with Crippen LogP contribution in [0.5, 0.6) is 0 Å². The van der Waals surface area contributed by atoms with Crippen LogP contribution < -0.4 is 0 Å². The smallest absolute Gasteiger partial charge is 0.327 e. The second-order valence-corrected chi connectivity index (χ2v) is 6.98. The highest BCUT2D eigenvalue weighted by Gasteiger charge is 2.48. The number of nitrogens with one attached hydrogen (secondary N) is 1. The topological polar surface area (TPSA) is 99.2 Å². The number of carboxylic acids is 1. The number of H-pyrrole nitrogens is 1. The predicted molar refractivity (Wildman–Crippen MR) is 77.0 cm³/mol. The fourth-order valence-electron chi connectivity index (χ4n) is 2.46. The van der Waals surface area contributed by atoms with Crippen molar-refractivity contribution < 1.29 is 14.7 Å². The fraction of sp³-hybridized carbons (Fsp3) is 0.692. The molecule has 1 saturated carbocycles. The molecule has 1 amide bonds. The summed E-state index contributed by atoms with van der Waals surface area (Å²) in [6.07, 6.45) is 2.11. The number of carbonyl (C=O) groups is 2. The molecule has 0 bridgehead atoms. The molecule has 0 spiro atoms. The maximum atomic E-state index is 12.6. The number of nitrogens with zero attached hydrogens (tertiary/aromatic N) is 3. The van der Waals surface area contributed by atoms with Gasteiger partial charge in [0.25, 0.3) is 5.91 Å². The number of rotatable bonds is 4. The molecule has 1 aromatic heterocycles. The third-order valence-corrected chi connectivity index (χ3v) is 5.28. The average molecular weight is 310 g/mol. The molecule has 8 heteroatoms. The summed E-state index contributed by atoms with van der Waals surface area (Å²) < 4.78 is 0. The van der Waals surface area contributed by atoms with Gasteiger partial charge in [-0.25, -0.2) is 9.78 Å². The minimum absolute atomic E-state index is 0.0559. The first kappa shape index (κ1) is 14.4. The second-order valence-electron chi connectivity index (χ2n) is 5.83. The van der Waals surface area contributed by atoms with Crippen LogP contribution in [0, 0.1) is 5.92 Å². The summed E-state index contributed by atoms with van der Waals surface area (Å²) in [6, 6.07) is -0.783. The Bertz CT molecular complexity index is 570. The summed E-state index contributed by atoms with van der Waals surface area (Å²) in [4.78, 5) is 29.7. The van der Waals surface area contributed by atoms with Crippen LogP contribution in [0.1, 0.15) is 49.1 Å². The van der Waals surface area contributed by atoms with Gasteiger partial charge in [0, 0.05) is 11.7 Å². The van der Waals surface area contributed by atoms with Crippen molar-refractivity contribution in [1.29, 1.82) is 0 Å². The molecule has 0 aromatic carbocycles. The van der Waals surface area contributed by atoms with Gasteiger partial charge in [0.2, 0.25) is 5.82 Å². The van der Waals surface area contributed by atoms with Crippen LogP contribution in [-0.2, 0) is 4.79 Å². The van der Waals surface area contributed by atoms with Crippen molar-refractivity contribution in [3.63, 3.8) is 0 Å². The summed E-state index contributed by atoms with van der Waals surface area (Å²) in [7, 11) is 0. The molecule has 2 N–H and O–H groups in total. The molecule has 114 valence electrons. The van der Waals surface area contributed by atoms with Crippen LogP contribution in [0.2, 0.25) is 0 Å². The molecule has 2 heterocycles. The number of aromatic amines is 1. The summed E-state index contributed by atoms with van der Waals surface area (Å²) >= 11 is 1.55. The van der Waals surface area contributed by atoms with Gasteiger partial charge in [-0.3, -0.25) is 9.89 Å². The molecule has 2 fully saturated rings. The van der Waals surface area contributed by atoms with Crippen molar-refractivity contribution in [3.8, 4) is 0 Å². The molecule has 1 aliphatic heterocycles. The van der Waals surface area contributed by atoms with Crippen LogP contribution in [0.4, 0.5) is 0 Å². The average Bonchev–Trinajstić information content (AvgIpc) is 3.01. The van der Waals surface area contributed by atoms with Gasteiger partial charge < -0.3 is 10.0 Å². The third kappa shape index (κ3) is 2.64. The van der Waals surface area contributed by atoms with Crippen LogP contribution in [0.15, 0.2) is 0 Å². The first-order chi connectivity index (χ1) is 9.99. The summed E-state index contributed by atoms with van der Waals surface area (Å²) in [5.74, 6) is 0.349. The maximum absolute atomic E-state index is 12.6. The minimum Gasteiger partial charge on any atom is -0.480 e. The SMILES string of the molecule is CC(C)c1nc(C(=O)N2C(C(=O)O)CSC2C2CC2)n[nH]1. The van der Waals surface area contributed by atoms with Crippen molar-refractivity contribution in [2.75, 3.05) is 5.75 Å². The number of carboxylic acid groups (broad SMARTS) is 1. The molecule has 1 saturated heterocycles. The van der Waals surface area contributed by atoms with E-state index in [4.69, 9.17) is 0 Å². The van der Waals surface area contributed by atoms with Crippen LogP contribution in [0.25, 0.3) is 0 Å². The molecule has 21 heavy (non-hydrogen) atoms. The van der Waals surface area contributed by atoms with Gasteiger partial charge in [0.1, 0.15) is 11.9 Å². The second kappa shape index (κ2) is 5.32. The molecule has 0 radical (unpaired) electrons. The lowest BCUT2D eigenvalue weighted by Crippen LogP contribution is -2.46. The van der Waals surface area contributed by atoms with E-state index in [1.54, 1.807) is 11.8 Å². The van der Waals surface area contributed by atoms with E-state index in [-0.39, 0.29) is 23.0 Å². The van der Waals surface area contributed by atoms with Gasteiger partial charge in [0.05, 0.1) is 5.37 Å². The molecule has 3 rings (SSSR count). The number of aliphatic carboxylic acids is 1. The Hall–Kier alpha value is -1.57. The van der Waals surface area contributed by atoms with E-state index in [2.05, 4.69) is 15.2 Å².